The number of piperazine rings is 2. The van der Waals surface area contributed by atoms with E-state index in [-0.39, 0.29) is 0 Å². The lowest BCUT2D eigenvalue weighted by molar-refractivity contribution is 0.261. The van der Waals surface area contributed by atoms with Gasteiger partial charge in [0.25, 0.3) is 0 Å². The highest BCUT2D eigenvalue weighted by Gasteiger charge is 2.19. The quantitative estimate of drug-likeness (QED) is 0.601. The van der Waals surface area contributed by atoms with Gasteiger partial charge in [-0.15, -0.1) is 0 Å². The first kappa shape index (κ1) is 20.8. The summed E-state index contributed by atoms with van der Waals surface area (Å²) in [5.41, 5.74) is 5.36. The van der Waals surface area contributed by atoms with Crippen LogP contribution in [-0.4, -0.2) is 73.8 Å². The molecule has 4 heterocycles. The van der Waals surface area contributed by atoms with Crippen LogP contribution in [0.25, 0.3) is 0 Å². The van der Waals surface area contributed by atoms with Crippen LogP contribution in [0.15, 0.2) is 73.3 Å². The van der Waals surface area contributed by atoms with E-state index in [4.69, 9.17) is 0 Å². The number of aromatic nitrogens is 2. The summed E-state index contributed by atoms with van der Waals surface area (Å²) in [6, 6.07) is 17.6. The molecular formula is C26H32N6. The molecule has 0 amide bonds. The van der Waals surface area contributed by atoms with Crippen LogP contribution in [0.3, 0.4) is 0 Å². The molecule has 2 aromatic heterocycles. The van der Waals surface area contributed by atoms with E-state index >= 15 is 0 Å². The Hall–Kier alpha value is -3.12. The van der Waals surface area contributed by atoms with Gasteiger partial charge in [0.1, 0.15) is 0 Å². The summed E-state index contributed by atoms with van der Waals surface area (Å²) in [7, 11) is 0. The minimum atomic E-state index is 1.05. The number of nitrogens with zero attached hydrogens (tertiary/aromatic N) is 6. The normalized spacial score (nSPS) is 17.6. The second kappa shape index (κ2) is 10.0. The predicted molar refractivity (Wildman–Crippen MR) is 132 cm³/mol. The maximum absolute atomic E-state index is 4.14. The number of pyridine rings is 2. The van der Waals surface area contributed by atoms with Crippen LogP contribution < -0.4 is 14.7 Å². The summed E-state index contributed by atoms with van der Waals surface area (Å²) in [4.78, 5) is 18.3. The zero-order valence-corrected chi connectivity index (χ0v) is 18.7. The fourth-order valence-electron chi connectivity index (χ4n) is 4.76. The van der Waals surface area contributed by atoms with Crippen LogP contribution in [0.1, 0.15) is 5.56 Å². The Morgan fingerprint density at radius 2 is 1.06 bits per heavy atom. The van der Waals surface area contributed by atoms with Gasteiger partial charge in [-0.2, -0.15) is 0 Å². The van der Waals surface area contributed by atoms with E-state index in [1.807, 2.05) is 24.8 Å². The summed E-state index contributed by atoms with van der Waals surface area (Å²) >= 11 is 0. The Bertz CT molecular complexity index is 964. The molecule has 0 atom stereocenters. The molecule has 2 aliphatic heterocycles. The Balaban J connectivity index is 1.10. The minimum absolute atomic E-state index is 1.05. The van der Waals surface area contributed by atoms with Crippen LogP contribution in [0.2, 0.25) is 0 Å². The van der Waals surface area contributed by atoms with E-state index in [9.17, 15) is 0 Å². The summed E-state index contributed by atoms with van der Waals surface area (Å²) in [6.45, 7) is 9.77. The van der Waals surface area contributed by atoms with E-state index < -0.39 is 0 Å². The van der Waals surface area contributed by atoms with Gasteiger partial charge < -0.3 is 14.7 Å². The largest absolute Gasteiger partial charge is 0.369 e. The Labute approximate surface area is 191 Å². The molecule has 3 aromatic rings. The lowest BCUT2D eigenvalue weighted by Crippen LogP contribution is -2.47. The highest BCUT2D eigenvalue weighted by molar-refractivity contribution is 5.52. The second-order valence-electron chi connectivity index (χ2n) is 8.63. The lowest BCUT2D eigenvalue weighted by Gasteiger charge is -2.37. The van der Waals surface area contributed by atoms with Crippen molar-refractivity contribution < 1.29 is 0 Å². The fraction of sp³-hybridized carbons (Fsp3) is 0.385. The molecular weight excluding hydrogens is 396 g/mol. The van der Waals surface area contributed by atoms with Gasteiger partial charge in [-0.25, -0.2) is 0 Å². The van der Waals surface area contributed by atoms with Crippen LogP contribution >= 0.6 is 0 Å². The molecule has 166 valence electrons. The minimum Gasteiger partial charge on any atom is -0.369 e. The van der Waals surface area contributed by atoms with Crippen molar-refractivity contribution in [1.29, 1.82) is 0 Å². The molecule has 0 radical (unpaired) electrons. The number of hydrogen-bond acceptors (Lipinski definition) is 6. The summed E-state index contributed by atoms with van der Waals surface area (Å²) in [6.07, 6.45) is 8.63. The molecule has 2 saturated heterocycles. The molecule has 2 aliphatic rings. The second-order valence-corrected chi connectivity index (χ2v) is 8.63. The average molecular weight is 429 g/mol. The SMILES string of the molecule is c1cc(CCN2CCN(c3ccncc3)CC2)cc(N2CCN(c3ccncc3)CC2)c1. The molecule has 6 nitrogen and oxygen atoms in total. The first-order valence-electron chi connectivity index (χ1n) is 11.7. The molecule has 1 aromatic carbocycles. The first-order chi connectivity index (χ1) is 15.8. The molecule has 5 rings (SSSR count). The number of benzene rings is 1. The van der Waals surface area contributed by atoms with Gasteiger partial charge in [0, 0.05) is 101 Å². The van der Waals surface area contributed by atoms with Crippen LogP contribution in [0.5, 0.6) is 0 Å². The molecule has 0 spiro atoms. The van der Waals surface area contributed by atoms with Gasteiger partial charge >= 0.3 is 0 Å². The van der Waals surface area contributed by atoms with Crippen LogP contribution in [-0.2, 0) is 6.42 Å². The van der Waals surface area contributed by atoms with Crippen LogP contribution in [0.4, 0.5) is 17.1 Å². The highest BCUT2D eigenvalue weighted by atomic mass is 15.3. The van der Waals surface area contributed by atoms with Gasteiger partial charge in [0.05, 0.1) is 0 Å². The van der Waals surface area contributed by atoms with Crippen LogP contribution in [0, 0.1) is 0 Å². The van der Waals surface area contributed by atoms with E-state index in [2.05, 4.69) is 78.1 Å². The van der Waals surface area contributed by atoms with Crippen molar-refractivity contribution in [2.75, 3.05) is 73.6 Å². The third-order valence-electron chi connectivity index (χ3n) is 6.70. The Morgan fingerprint density at radius 3 is 1.62 bits per heavy atom. The van der Waals surface area contributed by atoms with Crippen molar-refractivity contribution in [3.05, 3.63) is 78.9 Å². The molecule has 32 heavy (non-hydrogen) atoms. The first-order valence-corrected chi connectivity index (χ1v) is 11.7. The van der Waals surface area contributed by atoms with E-state index in [0.717, 1.165) is 65.3 Å². The van der Waals surface area contributed by atoms with Crippen molar-refractivity contribution in [3.8, 4) is 0 Å². The maximum Gasteiger partial charge on any atom is 0.0398 e. The van der Waals surface area contributed by atoms with Gasteiger partial charge in [0.15, 0.2) is 0 Å². The molecule has 0 aliphatic carbocycles. The summed E-state index contributed by atoms with van der Waals surface area (Å²) in [5, 5.41) is 0. The van der Waals surface area contributed by atoms with Crippen molar-refractivity contribution in [1.82, 2.24) is 14.9 Å². The monoisotopic (exact) mass is 428 g/mol. The Kier molecular flexibility index (Phi) is 6.49. The van der Waals surface area contributed by atoms with Crippen molar-refractivity contribution in [3.63, 3.8) is 0 Å². The van der Waals surface area contributed by atoms with Crippen molar-refractivity contribution in [2.24, 2.45) is 0 Å². The Morgan fingerprint density at radius 1 is 0.562 bits per heavy atom. The molecule has 0 saturated carbocycles. The highest BCUT2D eigenvalue weighted by Crippen LogP contribution is 2.22. The standard InChI is InChI=1S/C26H32N6/c1-2-23(8-13-29-14-16-30(17-15-29)24-4-9-27-10-5-24)22-26(3-1)32-20-18-31(19-21-32)25-6-11-28-12-7-25/h1-7,9-12,22H,8,13-21H2. The molecule has 0 unspecified atom stereocenters. The summed E-state index contributed by atoms with van der Waals surface area (Å²) in [5.74, 6) is 0. The smallest absolute Gasteiger partial charge is 0.0398 e. The van der Waals surface area contributed by atoms with Crippen molar-refractivity contribution in [2.45, 2.75) is 6.42 Å². The average Bonchev–Trinajstić information content (AvgIpc) is 2.89. The van der Waals surface area contributed by atoms with E-state index in [1.54, 1.807) is 0 Å². The predicted octanol–water partition coefficient (Wildman–Crippen LogP) is 3.17. The molecule has 0 bridgehead atoms. The lowest BCUT2D eigenvalue weighted by atomic mass is 10.1. The fourth-order valence-corrected chi connectivity index (χ4v) is 4.76. The van der Waals surface area contributed by atoms with Gasteiger partial charge in [-0.05, 0) is 48.4 Å². The molecule has 6 heteroatoms. The maximum atomic E-state index is 4.14. The third kappa shape index (κ3) is 5.02. The van der Waals surface area contributed by atoms with E-state index in [1.165, 1.54) is 22.6 Å². The number of hydrogen-bond donors (Lipinski definition) is 0. The topological polar surface area (TPSA) is 38.7 Å². The zero-order valence-electron chi connectivity index (χ0n) is 18.7. The van der Waals surface area contributed by atoms with Crippen molar-refractivity contribution >= 4 is 17.1 Å². The van der Waals surface area contributed by atoms with Gasteiger partial charge in [0.2, 0.25) is 0 Å². The zero-order chi connectivity index (χ0) is 21.6. The van der Waals surface area contributed by atoms with E-state index in [0.29, 0.717) is 0 Å². The number of rotatable bonds is 6. The molecule has 2 fully saturated rings. The third-order valence-corrected chi connectivity index (χ3v) is 6.70. The number of anilines is 3. The van der Waals surface area contributed by atoms with Gasteiger partial charge in [-0.3, -0.25) is 14.9 Å². The van der Waals surface area contributed by atoms with Gasteiger partial charge in [-0.1, -0.05) is 12.1 Å². The summed E-state index contributed by atoms with van der Waals surface area (Å²) < 4.78 is 0. The molecule has 0 N–H and O–H groups in total.